The number of aliphatic hydroxyl groups is 1. The van der Waals surface area contributed by atoms with Gasteiger partial charge >= 0.3 is 0 Å². The topological polar surface area (TPSA) is 57.6 Å². The van der Waals surface area contributed by atoms with Crippen molar-refractivity contribution in [1.29, 1.82) is 0 Å². The van der Waals surface area contributed by atoms with Crippen LogP contribution in [0.3, 0.4) is 0 Å². The maximum atomic E-state index is 12.9. The van der Waals surface area contributed by atoms with E-state index in [0.29, 0.717) is 23.5 Å². The molecule has 4 nitrogen and oxygen atoms in total. The first kappa shape index (κ1) is 18.1. The summed E-state index contributed by atoms with van der Waals surface area (Å²) in [5, 5.41) is 9.23. The Morgan fingerprint density at radius 3 is 2.14 bits per heavy atom. The zero-order chi connectivity index (χ0) is 15.9. The molecule has 21 heavy (non-hydrogen) atoms. The number of hydrogen-bond acceptors (Lipinski definition) is 3. The summed E-state index contributed by atoms with van der Waals surface area (Å²) in [7, 11) is -3.49. The van der Waals surface area contributed by atoms with Crippen LogP contribution < -0.4 is 0 Å². The molecule has 0 bridgehead atoms. The molecule has 1 rings (SSSR count). The smallest absolute Gasteiger partial charge is 0.243 e. The van der Waals surface area contributed by atoms with E-state index in [1.165, 1.54) is 0 Å². The van der Waals surface area contributed by atoms with Gasteiger partial charge < -0.3 is 5.11 Å². The summed E-state index contributed by atoms with van der Waals surface area (Å²) < 4.78 is 27.3. The molecule has 0 radical (unpaired) electrons. The fourth-order valence-corrected chi connectivity index (χ4v) is 3.97. The zero-order valence-corrected chi connectivity index (χ0v) is 14.1. The van der Waals surface area contributed by atoms with Gasteiger partial charge in [0.15, 0.2) is 0 Å². The van der Waals surface area contributed by atoms with Crippen molar-refractivity contribution in [3.05, 3.63) is 29.3 Å². The van der Waals surface area contributed by atoms with Crippen molar-refractivity contribution >= 4 is 10.0 Å². The van der Waals surface area contributed by atoms with Gasteiger partial charge in [-0.05, 0) is 37.0 Å². The molecule has 5 heteroatoms. The van der Waals surface area contributed by atoms with Crippen LogP contribution in [0, 0.1) is 6.92 Å². The van der Waals surface area contributed by atoms with Crippen LogP contribution in [-0.4, -0.2) is 30.9 Å². The van der Waals surface area contributed by atoms with Crippen molar-refractivity contribution in [3.63, 3.8) is 0 Å². The van der Waals surface area contributed by atoms with Crippen LogP contribution in [0.4, 0.5) is 0 Å². The Morgan fingerprint density at radius 2 is 1.67 bits per heavy atom. The maximum absolute atomic E-state index is 12.9. The van der Waals surface area contributed by atoms with Crippen LogP contribution in [0.2, 0.25) is 0 Å². The molecule has 0 spiro atoms. The van der Waals surface area contributed by atoms with Gasteiger partial charge in [-0.15, -0.1) is 0 Å². The van der Waals surface area contributed by atoms with E-state index in [4.69, 9.17) is 0 Å². The van der Waals surface area contributed by atoms with Crippen molar-refractivity contribution in [2.45, 2.75) is 58.0 Å². The average Bonchev–Trinajstić information content (AvgIpc) is 2.47. The number of sulfonamides is 1. The fourth-order valence-electron chi connectivity index (χ4n) is 2.18. The molecule has 0 unspecified atom stereocenters. The van der Waals surface area contributed by atoms with Gasteiger partial charge in [0.2, 0.25) is 10.0 Å². The first-order valence-electron chi connectivity index (χ1n) is 7.67. The molecular weight excluding hydrogens is 286 g/mol. The molecule has 1 aromatic rings. The highest BCUT2D eigenvalue weighted by atomic mass is 32.2. The summed E-state index contributed by atoms with van der Waals surface area (Å²) in [6.07, 6.45) is 3.66. The van der Waals surface area contributed by atoms with Crippen molar-refractivity contribution in [1.82, 2.24) is 4.31 Å². The quantitative estimate of drug-likeness (QED) is 0.762. The molecule has 0 saturated carbocycles. The molecule has 0 saturated heterocycles. The Balaban J connectivity index is 3.14. The van der Waals surface area contributed by atoms with E-state index in [-0.39, 0.29) is 6.61 Å². The molecule has 120 valence electrons. The van der Waals surface area contributed by atoms with Crippen LogP contribution in [0.1, 0.15) is 50.7 Å². The predicted octanol–water partition coefficient (Wildman–Crippen LogP) is 3.08. The normalized spacial score (nSPS) is 12.0. The monoisotopic (exact) mass is 313 g/mol. The third-order valence-corrected chi connectivity index (χ3v) is 5.62. The minimum atomic E-state index is -3.49. The van der Waals surface area contributed by atoms with E-state index in [1.807, 2.05) is 0 Å². The zero-order valence-electron chi connectivity index (χ0n) is 13.3. The molecule has 0 heterocycles. The fraction of sp³-hybridized carbons (Fsp3) is 0.625. The van der Waals surface area contributed by atoms with Gasteiger partial charge in [0.05, 0.1) is 11.5 Å². The Morgan fingerprint density at radius 1 is 1.10 bits per heavy atom. The Bertz CT molecular complexity index is 532. The molecule has 0 amide bonds. The van der Waals surface area contributed by atoms with Crippen LogP contribution >= 0.6 is 0 Å². The van der Waals surface area contributed by atoms with Gasteiger partial charge in [0.25, 0.3) is 0 Å². The lowest BCUT2D eigenvalue weighted by Gasteiger charge is -2.23. The molecular formula is C16H27NO3S. The van der Waals surface area contributed by atoms with Gasteiger partial charge in [-0.25, -0.2) is 8.42 Å². The lowest BCUT2D eigenvalue weighted by atomic mass is 10.2. The lowest BCUT2D eigenvalue weighted by molar-refractivity contribution is 0.281. The molecule has 0 atom stereocenters. The van der Waals surface area contributed by atoms with E-state index in [0.717, 1.165) is 31.2 Å². The van der Waals surface area contributed by atoms with Gasteiger partial charge in [0.1, 0.15) is 0 Å². The summed E-state index contributed by atoms with van der Waals surface area (Å²) in [6, 6.07) is 5.11. The summed E-state index contributed by atoms with van der Waals surface area (Å²) >= 11 is 0. The first-order chi connectivity index (χ1) is 9.97. The number of aliphatic hydroxyl groups excluding tert-OH is 1. The SMILES string of the molecule is CCCCN(CCCC)S(=O)(=O)c1cc(CO)ccc1C. The van der Waals surface area contributed by atoms with Crippen molar-refractivity contribution in [2.75, 3.05) is 13.1 Å². The van der Waals surface area contributed by atoms with Gasteiger partial charge in [-0.2, -0.15) is 4.31 Å². The van der Waals surface area contributed by atoms with E-state index in [1.54, 1.807) is 29.4 Å². The minimum Gasteiger partial charge on any atom is -0.392 e. The first-order valence-corrected chi connectivity index (χ1v) is 9.11. The summed E-state index contributed by atoms with van der Waals surface area (Å²) in [6.45, 7) is 6.88. The highest BCUT2D eigenvalue weighted by Crippen LogP contribution is 2.22. The van der Waals surface area contributed by atoms with E-state index >= 15 is 0 Å². The van der Waals surface area contributed by atoms with E-state index < -0.39 is 10.0 Å². The van der Waals surface area contributed by atoms with Crippen molar-refractivity contribution in [3.8, 4) is 0 Å². The number of unbranched alkanes of at least 4 members (excludes halogenated alkanes) is 2. The summed E-state index contributed by atoms with van der Waals surface area (Å²) in [4.78, 5) is 0.321. The molecule has 1 aromatic carbocycles. The summed E-state index contributed by atoms with van der Waals surface area (Å²) in [5.74, 6) is 0. The highest BCUT2D eigenvalue weighted by Gasteiger charge is 2.25. The number of rotatable bonds is 9. The Kier molecular flexibility index (Phi) is 7.35. The highest BCUT2D eigenvalue weighted by molar-refractivity contribution is 7.89. The maximum Gasteiger partial charge on any atom is 0.243 e. The van der Waals surface area contributed by atoms with Crippen LogP contribution in [0.25, 0.3) is 0 Å². The molecule has 0 aromatic heterocycles. The van der Waals surface area contributed by atoms with Gasteiger partial charge in [-0.3, -0.25) is 0 Å². The lowest BCUT2D eigenvalue weighted by Crippen LogP contribution is -2.33. The Labute approximate surface area is 128 Å². The Hall–Kier alpha value is -0.910. The predicted molar refractivity (Wildman–Crippen MR) is 85.7 cm³/mol. The number of benzene rings is 1. The van der Waals surface area contributed by atoms with Crippen molar-refractivity contribution < 1.29 is 13.5 Å². The van der Waals surface area contributed by atoms with E-state index in [2.05, 4.69) is 13.8 Å². The molecule has 1 N–H and O–H groups in total. The van der Waals surface area contributed by atoms with Crippen molar-refractivity contribution in [2.24, 2.45) is 0 Å². The standard InChI is InChI=1S/C16H27NO3S/c1-4-6-10-17(11-7-5-2)21(19,20)16-12-15(13-18)9-8-14(16)3/h8-9,12,18H,4-7,10-11,13H2,1-3H3. The van der Waals surface area contributed by atoms with Crippen LogP contribution in [-0.2, 0) is 16.6 Å². The van der Waals surface area contributed by atoms with Gasteiger partial charge in [0, 0.05) is 13.1 Å². The molecule has 0 aliphatic carbocycles. The van der Waals surface area contributed by atoms with Crippen LogP contribution in [0.5, 0.6) is 0 Å². The number of hydrogen-bond donors (Lipinski definition) is 1. The van der Waals surface area contributed by atoms with E-state index in [9.17, 15) is 13.5 Å². The minimum absolute atomic E-state index is 0.146. The third-order valence-electron chi connectivity index (χ3n) is 3.58. The largest absolute Gasteiger partial charge is 0.392 e. The average molecular weight is 313 g/mol. The second-order valence-corrected chi connectivity index (χ2v) is 7.28. The molecule has 0 aliphatic rings. The summed E-state index contributed by atoms with van der Waals surface area (Å²) in [5.41, 5.74) is 1.36. The second kappa shape index (κ2) is 8.51. The number of aryl methyl sites for hydroxylation is 1. The molecule has 0 fully saturated rings. The number of nitrogens with zero attached hydrogens (tertiary/aromatic N) is 1. The molecule has 0 aliphatic heterocycles. The van der Waals surface area contributed by atoms with Gasteiger partial charge in [-0.1, -0.05) is 38.8 Å². The second-order valence-electron chi connectivity index (χ2n) is 5.37. The third kappa shape index (κ3) is 4.80. The van der Waals surface area contributed by atoms with Crippen LogP contribution in [0.15, 0.2) is 23.1 Å².